The molecular formula is C18H15ClF2O3S2. The molecule has 2 aliphatic rings. The molecule has 138 valence electrons. The first-order valence-corrected chi connectivity index (χ1v) is 11.0. The first-order valence-electron chi connectivity index (χ1n) is 8.11. The molecule has 0 saturated carbocycles. The normalized spacial score (nSPS) is 25.1. The molecular weight excluding hydrogens is 402 g/mol. The van der Waals surface area contributed by atoms with Crippen molar-refractivity contribution >= 4 is 33.2 Å². The molecule has 1 unspecified atom stereocenters. The molecule has 0 radical (unpaired) electrons. The Morgan fingerprint density at radius 3 is 2.54 bits per heavy atom. The van der Waals surface area contributed by atoms with Gasteiger partial charge in [0.25, 0.3) is 0 Å². The van der Waals surface area contributed by atoms with E-state index in [1.54, 1.807) is 0 Å². The summed E-state index contributed by atoms with van der Waals surface area (Å²) in [4.78, 5) is 0.0471. The van der Waals surface area contributed by atoms with Gasteiger partial charge in [0.2, 0.25) is 0 Å². The van der Waals surface area contributed by atoms with Crippen molar-refractivity contribution in [3.63, 3.8) is 0 Å². The molecule has 3 nitrogen and oxygen atoms in total. The fraction of sp³-hybridized carbons (Fsp3) is 0.333. The van der Waals surface area contributed by atoms with Crippen LogP contribution in [0.25, 0.3) is 0 Å². The van der Waals surface area contributed by atoms with Gasteiger partial charge in [-0.2, -0.15) is 11.8 Å². The fourth-order valence-corrected chi connectivity index (χ4v) is 7.99. The highest BCUT2D eigenvalue weighted by Gasteiger charge is 2.58. The summed E-state index contributed by atoms with van der Waals surface area (Å²) in [5.74, 6) is -1.05. The van der Waals surface area contributed by atoms with Gasteiger partial charge in [-0.05, 0) is 55.0 Å². The minimum Gasteiger partial charge on any atom is -0.489 e. The second-order valence-electron chi connectivity index (χ2n) is 6.35. The highest BCUT2D eigenvalue weighted by molar-refractivity contribution is 8.01. The van der Waals surface area contributed by atoms with Crippen LogP contribution < -0.4 is 4.74 Å². The van der Waals surface area contributed by atoms with E-state index in [1.165, 1.54) is 36.0 Å². The average molecular weight is 417 g/mol. The van der Waals surface area contributed by atoms with Crippen LogP contribution >= 0.6 is 23.4 Å². The number of halogens is 3. The van der Waals surface area contributed by atoms with Crippen molar-refractivity contribution in [2.75, 3.05) is 12.4 Å². The summed E-state index contributed by atoms with van der Waals surface area (Å²) >= 11 is 7.31. The van der Waals surface area contributed by atoms with Crippen molar-refractivity contribution in [2.24, 2.45) is 0 Å². The van der Waals surface area contributed by atoms with Crippen molar-refractivity contribution in [2.45, 2.75) is 27.7 Å². The van der Waals surface area contributed by atoms with Gasteiger partial charge in [0.05, 0.1) is 15.7 Å². The van der Waals surface area contributed by atoms with Gasteiger partial charge in [0.1, 0.15) is 17.2 Å². The first kappa shape index (κ1) is 18.1. The van der Waals surface area contributed by atoms with E-state index >= 15 is 0 Å². The van der Waals surface area contributed by atoms with Gasteiger partial charge in [-0.15, -0.1) is 0 Å². The predicted octanol–water partition coefficient (Wildman–Crippen LogP) is 4.58. The molecule has 26 heavy (non-hydrogen) atoms. The number of sulfone groups is 1. The summed E-state index contributed by atoms with van der Waals surface area (Å²) in [6.45, 7) is 0.0187. The number of rotatable bonds is 2. The molecule has 4 rings (SSSR count). The van der Waals surface area contributed by atoms with Gasteiger partial charge in [0, 0.05) is 5.02 Å². The molecule has 0 aromatic heterocycles. The summed E-state index contributed by atoms with van der Waals surface area (Å²) in [6.07, 6.45) is 0.801. The Morgan fingerprint density at radius 2 is 1.81 bits per heavy atom. The van der Waals surface area contributed by atoms with E-state index < -0.39 is 31.5 Å². The number of fused-ring (bicyclic) bond motifs is 3. The third-order valence-electron chi connectivity index (χ3n) is 5.00. The van der Waals surface area contributed by atoms with E-state index in [1.807, 2.05) is 0 Å². The molecule has 1 saturated heterocycles. The van der Waals surface area contributed by atoms with Crippen molar-refractivity contribution < 1.29 is 21.9 Å². The van der Waals surface area contributed by atoms with E-state index in [4.69, 9.17) is 16.3 Å². The smallest absolute Gasteiger partial charge is 0.189 e. The van der Waals surface area contributed by atoms with Crippen LogP contribution in [0.5, 0.6) is 5.75 Å². The Balaban J connectivity index is 2.02. The highest BCUT2D eigenvalue weighted by Crippen LogP contribution is 2.55. The average Bonchev–Trinajstić information content (AvgIpc) is 2.64. The Morgan fingerprint density at radius 1 is 1.12 bits per heavy atom. The van der Waals surface area contributed by atoms with Crippen molar-refractivity contribution in [1.29, 1.82) is 0 Å². The second kappa shape index (κ2) is 6.39. The van der Waals surface area contributed by atoms with Crippen LogP contribution in [0.3, 0.4) is 0 Å². The van der Waals surface area contributed by atoms with Gasteiger partial charge in [0.15, 0.2) is 21.4 Å². The number of hydrogen-bond donors (Lipinski definition) is 0. The van der Waals surface area contributed by atoms with Gasteiger partial charge in [-0.25, -0.2) is 17.2 Å². The maximum atomic E-state index is 14.8. The van der Waals surface area contributed by atoms with Crippen LogP contribution in [0.4, 0.5) is 8.78 Å². The summed E-state index contributed by atoms with van der Waals surface area (Å²) in [7, 11) is -4.02. The molecule has 2 heterocycles. The van der Waals surface area contributed by atoms with Crippen LogP contribution in [0, 0.1) is 11.6 Å². The maximum absolute atomic E-state index is 14.8. The van der Waals surface area contributed by atoms with Gasteiger partial charge < -0.3 is 4.74 Å². The summed E-state index contributed by atoms with van der Waals surface area (Å²) in [5, 5.41) is -0.110. The first-order chi connectivity index (χ1) is 12.4. The summed E-state index contributed by atoms with van der Waals surface area (Å²) in [6, 6.07) is 7.73. The van der Waals surface area contributed by atoms with Gasteiger partial charge in [-0.1, -0.05) is 11.6 Å². The standard InChI is InChI=1S/C18H15ClF2O3S2/c19-11-2-4-12(5-3-11)26(22,23)18-8-1-9-25-15(18)10-24-17-14(21)7-6-13(20)16(17)18/h2-7,15H,1,8-10H2/t15-,18?/m1/s1. The van der Waals surface area contributed by atoms with Crippen LogP contribution in [0.15, 0.2) is 41.3 Å². The molecule has 0 amide bonds. The van der Waals surface area contributed by atoms with Crippen LogP contribution in [-0.4, -0.2) is 26.0 Å². The van der Waals surface area contributed by atoms with Gasteiger partial charge >= 0.3 is 0 Å². The highest BCUT2D eigenvalue weighted by atomic mass is 35.5. The Bertz CT molecular complexity index is 963. The number of ether oxygens (including phenoxy) is 1. The number of hydrogen-bond acceptors (Lipinski definition) is 4. The predicted molar refractivity (Wildman–Crippen MR) is 97.6 cm³/mol. The minimum atomic E-state index is -4.02. The van der Waals surface area contributed by atoms with Crippen LogP contribution in [-0.2, 0) is 14.6 Å². The lowest BCUT2D eigenvalue weighted by Crippen LogP contribution is -2.53. The minimum absolute atomic E-state index is 0.0187. The largest absolute Gasteiger partial charge is 0.489 e. The Kier molecular flexibility index (Phi) is 4.44. The maximum Gasteiger partial charge on any atom is 0.189 e. The molecule has 0 spiro atoms. The van der Waals surface area contributed by atoms with E-state index in [0.717, 1.165) is 17.9 Å². The Hall–Kier alpha value is -1.31. The second-order valence-corrected chi connectivity index (χ2v) is 10.3. The molecule has 2 aromatic rings. The molecule has 2 aromatic carbocycles. The quantitative estimate of drug-likeness (QED) is 0.719. The zero-order chi connectivity index (χ0) is 18.5. The lowest BCUT2D eigenvalue weighted by molar-refractivity contribution is 0.231. The van der Waals surface area contributed by atoms with E-state index in [2.05, 4.69) is 0 Å². The summed E-state index contributed by atoms with van der Waals surface area (Å²) < 4.78 is 60.4. The zero-order valence-electron chi connectivity index (χ0n) is 13.5. The molecule has 1 fully saturated rings. The van der Waals surface area contributed by atoms with Crippen LogP contribution in [0.2, 0.25) is 5.02 Å². The zero-order valence-corrected chi connectivity index (χ0v) is 15.9. The summed E-state index contributed by atoms with van der Waals surface area (Å²) in [5.41, 5.74) is -0.184. The topological polar surface area (TPSA) is 43.4 Å². The molecule has 8 heteroatoms. The SMILES string of the molecule is O=S(=O)(c1ccc(Cl)cc1)C12CCCS[C@@H]1COc1c(F)ccc(F)c12. The lowest BCUT2D eigenvalue weighted by Gasteiger charge is -2.46. The van der Waals surface area contributed by atoms with E-state index in [-0.39, 0.29) is 29.2 Å². The third-order valence-corrected chi connectivity index (χ3v) is 9.41. The molecule has 0 N–H and O–H groups in total. The molecule has 2 atom stereocenters. The van der Waals surface area contributed by atoms with Crippen molar-refractivity contribution in [1.82, 2.24) is 0 Å². The van der Waals surface area contributed by atoms with Gasteiger partial charge in [-0.3, -0.25) is 0 Å². The third kappa shape index (κ3) is 2.47. The molecule has 0 bridgehead atoms. The monoisotopic (exact) mass is 416 g/mol. The lowest BCUT2D eigenvalue weighted by atomic mass is 9.86. The van der Waals surface area contributed by atoms with E-state index in [0.29, 0.717) is 11.4 Å². The number of thioether (sulfide) groups is 1. The molecule has 2 aliphatic heterocycles. The Labute approximate surface area is 159 Å². The van der Waals surface area contributed by atoms with Crippen molar-refractivity contribution in [3.05, 3.63) is 58.6 Å². The molecule has 0 aliphatic carbocycles. The van der Waals surface area contributed by atoms with Crippen molar-refractivity contribution in [3.8, 4) is 5.75 Å². The number of benzene rings is 2. The van der Waals surface area contributed by atoms with E-state index in [9.17, 15) is 17.2 Å². The van der Waals surface area contributed by atoms with Crippen LogP contribution in [0.1, 0.15) is 18.4 Å². The fourth-order valence-electron chi connectivity index (χ4n) is 3.82.